The number of amides is 1. The van der Waals surface area contributed by atoms with Crippen LogP contribution in [0.4, 0.5) is 10.1 Å². The van der Waals surface area contributed by atoms with Crippen molar-refractivity contribution in [1.82, 2.24) is 0 Å². The molecule has 4 aromatic rings. The van der Waals surface area contributed by atoms with Gasteiger partial charge >= 0.3 is 0 Å². The third kappa shape index (κ3) is 3.48. The molecule has 3 aromatic carbocycles. The van der Waals surface area contributed by atoms with Crippen LogP contribution >= 0.6 is 23.4 Å². The number of methoxy groups -OCH3 is 1. The largest absolute Gasteiger partial charge is 0.495 e. The first-order valence-corrected chi connectivity index (χ1v) is 11.6. The van der Waals surface area contributed by atoms with Crippen LogP contribution in [0.1, 0.15) is 27.7 Å². The molecule has 2 heterocycles. The van der Waals surface area contributed by atoms with Crippen molar-refractivity contribution in [2.45, 2.75) is 10.9 Å². The summed E-state index contributed by atoms with van der Waals surface area (Å²) in [4.78, 5) is 29.6. The number of thioether (sulfide) groups is 1. The van der Waals surface area contributed by atoms with Crippen LogP contribution < -0.4 is 15.1 Å². The number of anilines is 1. The van der Waals surface area contributed by atoms with Crippen molar-refractivity contribution in [1.29, 1.82) is 0 Å². The molecule has 5 nitrogen and oxygen atoms in total. The zero-order valence-electron chi connectivity index (χ0n) is 17.6. The van der Waals surface area contributed by atoms with Crippen LogP contribution in [0.5, 0.6) is 5.75 Å². The molecule has 0 fully saturated rings. The van der Waals surface area contributed by atoms with Gasteiger partial charge in [0, 0.05) is 10.6 Å². The van der Waals surface area contributed by atoms with Crippen LogP contribution in [0.3, 0.4) is 0 Å². The highest BCUT2D eigenvalue weighted by molar-refractivity contribution is 7.98. The maximum absolute atomic E-state index is 13.9. The van der Waals surface area contributed by atoms with E-state index in [1.165, 1.54) is 24.1 Å². The lowest BCUT2D eigenvalue weighted by Crippen LogP contribution is -2.29. The summed E-state index contributed by atoms with van der Waals surface area (Å²) in [5.74, 6) is -0.641. The monoisotopic (exact) mass is 481 g/mol. The van der Waals surface area contributed by atoms with E-state index in [1.54, 1.807) is 30.0 Å². The van der Waals surface area contributed by atoms with Crippen LogP contribution in [0.25, 0.3) is 11.0 Å². The van der Waals surface area contributed by atoms with Gasteiger partial charge in [-0.1, -0.05) is 23.7 Å². The van der Waals surface area contributed by atoms with E-state index in [9.17, 15) is 14.0 Å². The smallest absolute Gasteiger partial charge is 0.295 e. The molecule has 166 valence electrons. The highest BCUT2D eigenvalue weighted by Gasteiger charge is 2.43. The fourth-order valence-electron chi connectivity index (χ4n) is 4.12. The highest BCUT2D eigenvalue weighted by atomic mass is 35.5. The Bertz CT molecular complexity index is 1470. The first-order chi connectivity index (χ1) is 15.9. The molecule has 33 heavy (non-hydrogen) atoms. The molecule has 0 radical (unpaired) electrons. The minimum absolute atomic E-state index is 0.0648. The molecule has 0 bridgehead atoms. The molecule has 0 N–H and O–H groups in total. The summed E-state index contributed by atoms with van der Waals surface area (Å²) in [6.07, 6.45) is 1.96. The van der Waals surface area contributed by atoms with E-state index in [0.717, 1.165) is 16.5 Å². The highest BCUT2D eigenvalue weighted by Crippen LogP contribution is 2.43. The van der Waals surface area contributed by atoms with E-state index >= 15 is 0 Å². The number of benzene rings is 3. The molecule has 1 aliphatic heterocycles. The number of carbonyl (C=O) groups excluding carboxylic acids is 1. The van der Waals surface area contributed by atoms with Crippen LogP contribution in [0.2, 0.25) is 5.02 Å². The van der Waals surface area contributed by atoms with E-state index in [2.05, 4.69) is 0 Å². The van der Waals surface area contributed by atoms with Crippen molar-refractivity contribution < 1.29 is 18.3 Å². The normalized spacial score (nSPS) is 15.2. The van der Waals surface area contributed by atoms with Crippen molar-refractivity contribution >= 4 is 45.9 Å². The van der Waals surface area contributed by atoms with Gasteiger partial charge in [0.2, 0.25) is 5.76 Å². The summed E-state index contributed by atoms with van der Waals surface area (Å²) in [6, 6.07) is 15.4. The Morgan fingerprint density at radius 1 is 1.06 bits per heavy atom. The van der Waals surface area contributed by atoms with Crippen molar-refractivity contribution in [3.8, 4) is 5.75 Å². The van der Waals surface area contributed by atoms with E-state index in [4.69, 9.17) is 20.8 Å². The van der Waals surface area contributed by atoms with E-state index in [0.29, 0.717) is 16.5 Å². The zero-order valence-corrected chi connectivity index (χ0v) is 19.2. The number of halogens is 2. The van der Waals surface area contributed by atoms with Crippen LogP contribution in [0, 0.1) is 5.82 Å². The van der Waals surface area contributed by atoms with Crippen molar-refractivity contribution in [3.05, 3.63) is 98.6 Å². The first-order valence-electron chi connectivity index (χ1n) is 10.00. The molecule has 5 rings (SSSR count). The number of carbonyl (C=O) groups is 1. The van der Waals surface area contributed by atoms with Gasteiger partial charge in [0.1, 0.15) is 17.1 Å². The number of rotatable bonds is 4. The molecule has 8 heteroatoms. The van der Waals surface area contributed by atoms with Gasteiger partial charge < -0.3 is 9.15 Å². The molecule has 1 atom stereocenters. The minimum atomic E-state index is -0.767. The molecule has 1 unspecified atom stereocenters. The fraction of sp³-hybridized carbons (Fsp3) is 0.120. The summed E-state index contributed by atoms with van der Waals surface area (Å²) < 4.78 is 25.0. The maximum Gasteiger partial charge on any atom is 0.295 e. The molecule has 1 aliphatic rings. The lowest BCUT2D eigenvalue weighted by atomic mass is 9.98. The molecule has 0 saturated heterocycles. The van der Waals surface area contributed by atoms with Crippen LogP contribution in [-0.2, 0) is 0 Å². The molecule has 1 aromatic heterocycles. The first kappa shape index (κ1) is 21.6. The second-order valence-electron chi connectivity index (χ2n) is 7.48. The third-order valence-electron chi connectivity index (χ3n) is 5.68. The van der Waals surface area contributed by atoms with Gasteiger partial charge in [-0.05, 0) is 60.4 Å². The lowest BCUT2D eigenvalue weighted by Gasteiger charge is -2.25. The van der Waals surface area contributed by atoms with Gasteiger partial charge in [-0.2, -0.15) is 0 Å². The third-order valence-corrected chi connectivity index (χ3v) is 6.72. The predicted octanol–water partition coefficient (Wildman–Crippen LogP) is 6.07. The Morgan fingerprint density at radius 3 is 2.48 bits per heavy atom. The van der Waals surface area contributed by atoms with Gasteiger partial charge in [-0.15, -0.1) is 11.8 Å². The Kier molecular flexibility index (Phi) is 5.38. The second kappa shape index (κ2) is 8.24. The van der Waals surface area contributed by atoms with Crippen LogP contribution in [-0.4, -0.2) is 19.3 Å². The average Bonchev–Trinajstić information content (AvgIpc) is 3.12. The Hall–Kier alpha value is -3.29. The average molecular weight is 482 g/mol. The second-order valence-corrected chi connectivity index (χ2v) is 8.77. The Labute approximate surface area is 197 Å². The topological polar surface area (TPSA) is 59.8 Å². The zero-order chi connectivity index (χ0) is 23.3. The Balaban J connectivity index is 1.78. The fourth-order valence-corrected chi connectivity index (χ4v) is 4.78. The summed E-state index contributed by atoms with van der Waals surface area (Å²) in [5.41, 5.74) is 1.07. The summed E-state index contributed by atoms with van der Waals surface area (Å²) in [6.45, 7) is 0. The number of ether oxygens (including phenoxy) is 1. The summed E-state index contributed by atoms with van der Waals surface area (Å²) in [7, 11) is 1.50. The van der Waals surface area contributed by atoms with E-state index in [1.807, 2.05) is 30.5 Å². The molecule has 0 spiro atoms. The molecule has 0 aliphatic carbocycles. The molecular formula is C25H17ClFNO4S. The predicted molar refractivity (Wildman–Crippen MR) is 127 cm³/mol. The van der Waals surface area contributed by atoms with Gasteiger partial charge in [0.05, 0.1) is 29.1 Å². The number of fused-ring (bicyclic) bond motifs is 2. The quantitative estimate of drug-likeness (QED) is 0.331. The van der Waals surface area contributed by atoms with Gasteiger partial charge in [-0.3, -0.25) is 14.5 Å². The molecule has 1 amide bonds. The number of hydrogen-bond acceptors (Lipinski definition) is 5. The molecular weight excluding hydrogens is 465 g/mol. The van der Waals surface area contributed by atoms with Crippen molar-refractivity contribution in [2.24, 2.45) is 0 Å². The summed E-state index contributed by atoms with van der Waals surface area (Å²) >= 11 is 7.92. The van der Waals surface area contributed by atoms with Gasteiger partial charge in [-0.25, -0.2) is 4.39 Å². The standard InChI is InChI=1S/C25H17ClFNO4S/c1-31-20-10-6-15(12-18(20)26)28-22(13-3-7-16(33-2)8-4-13)21-23(29)17-11-14(27)5-9-19(17)32-24(21)25(28)30/h3-12,22H,1-2H3. The van der Waals surface area contributed by atoms with Crippen LogP contribution in [0.15, 0.2) is 74.8 Å². The maximum atomic E-state index is 13.9. The Morgan fingerprint density at radius 2 is 1.82 bits per heavy atom. The van der Waals surface area contributed by atoms with Crippen molar-refractivity contribution in [2.75, 3.05) is 18.3 Å². The van der Waals surface area contributed by atoms with Gasteiger partial charge in [0.15, 0.2) is 5.43 Å². The minimum Gasteiger partial charge on any atom is -0.495 e. The van der Waals surface area contributed by atoms with Crippen molar-refractivity contribution in [3.63, 3.8) is 0 Å². The van der Waals surface area contributed by atoms with E-state index in [-0.39, 0.29) is 22.3 Å². The van der Waals surface area contributed by atoms with Gasteiger partial charge in [0.25, 0.3) is 5.91 Å². The number of nitrogens with zero attached hydrogens (tertiary/aromatic N) is 1. The SMILES string of the molecule is COc1ccc(N2C(=O)c3oc4ccc(F)cc4c(=O)c3C2c2ccc(SC)cc2)cc1Cl. The molecule has 0 saturated carbocycles. The van der Waals surface area contributed by atoms with E-state index < -0.39 is 23.2 Å². The lowest BCUT2D eigenvalue weighted by molar-refractivity contribution is 0.0971. The number of hydrogen-bond donors (Lipinski definition) is 0. The summed E-state index contributed by atoms with van der Waals surface area (Å²) in [5, 5.41) is 0.406.